The number of carbonyl (C=O) groups is 2. The number of esters is 1. The van der Waals surface area contributed by atoms with Gasteiger partial charge >= 0.3 is 12.1 Å². The van der Waals surface area contributed by atoms with E-state index in [0.717, 1.165) is 33.0 Å². The number of rotatable bonds is 3. The van der Waals surface area contributed by atoms with E-state index in [1.54, 1.807) is 11.0 Å². The third-order valence-electron chi connectivity index (χ3n) is 5.22. The molecule has 30 heavy (non-hydrogen) atoms. The fraction of sp³-hybridized carbons (Fsp3) is 0.417. The predicted octanol–water partition coefficient (Wildman–Crippen LogP) is 5.03. The number of fused-ring (bicyclic) bond motifs is 1. The Hall–Kier alpha value is -2.89. The van der Waals surface area contributed by atoms with Crippen LogP contribution < -0.4 is 0 Å². The fourth-order valence-electron chi connectivity index (χ4n) is 3.74. The van der Waals surface area contributed by atoms with Crippen molar-refractivity contribution in [3.8, 4) is 0 Å². The average Bonchev–Trinajstić information content (AvgIpc) is 2.67. The smallest absolute Gasteiger partial charge is 0.410 e. The van der Waals surface area contributed by atoms with Crippen molar-refractivity contribution < 1.29 is 23.5 Å². The van der Waals surface area contributed by atoms with Gasteiger partial charge in [-0.25, -0.2) is 9.18 Å². The topological polar surface area (TPSA) is 55.8 Å². The highest BCUT2D eigenvalue weighted by Gasteiger charge is 2.25. The first-order chi connectivity index (χ1) is 14.1. The molecule has 0 radical (unpaired) electrons. The van der Waals surface area contributed by atoms with Crippen molar-refractivity contribution in [2.45, 2.75) is 46.1 Å². The Bertz CT molecular complexity index is 1020. The fourth-order valence-corrected chi connectivity index (χ4v) is 3.74. The average molecular weight is 413 g/mol. The SMILES string of the molecule is COC(=O)Cc1cc2ccc(F)cc2c(C2=CCN(C(=O)OC(C)(C)C)CC2)c1C. The standard InChI is InChI=1S/C24H28FNO4/c1-15-18(13-21(27)29-5)12-17-6-7-19(25)14-20(17)22(15)16-8-10-26(11-9-16)23(28)30-24(2,3)4/h6-8,12,14H,9-11,13H2,1-5H3. The molecule has 0 fully saturated rings. The molecule has 0 aliphatic carbocycles. The molecule has 5 nitrogen and oxygen atoms in total. The number of halogens is 1. The zero-order valence-electron chi connectivity index (χ0n) is 18.2. The van der Waals surface area contributed by atoms with Gasteiger partial charge < -0.3 is 14.4 Å². The summed E-state index contributed by atoms with van der Waals surface area (Å²) in [5, 5.41) is 1.67. The van der Waals surface area contributed by atoms with Gasteiger partial charge in [0.1, 0.15) is 11.4 Å². The summed E-state index contributed by atoms with van der Waals surface area (Å²) in [6, 6.07) is 6.59. The van der Waals surface area contributed by atoms with Crippen molar-refractivity contribution in [2.24, 2.45) is 0 Å². The third-order valence-corrected chi connectivity index (χ3v) is 5.22. The van der Waals surface area contributed by atoms with Crippen LogP contribution in [0.4, 0.5) is 9.18 Å². The summed E-state index contributed by atoms with van der Waals surface area (Å²) in [6.45, 7) is 8.39. The van der Waals surface area contributed by atoms with Crippen molar-refractivity contribution in [2.75, 3.05) is 20.2 Å². The Morgan fingerprint density at radius 2 is 1.93 bits per heavy atom. The maximum atomic E-state index is 14.0. The summed E-state index contributed by atoms with van der Waals surface area (Å²) in [7, 11) is 1.37. The van der Waals surface area contributed by atoms with Gasteiger partial charge in [0, 0.05) is 13.1 Å². The Morgan fingerprint density at radius 3 is 2.53 bits per heavy atom. The molecule has 1 amide bonds. The maximum absolute atomic E-state index is 14.0. The molecule has 0 saturated carbocycles. The number of hydrogen-bond acceptors (Lipinski definition) is 4. The largest absolute Gasteiger partial charge is 0.469 e. The molecule has 160 valence electrons. The molecule has 1 heterocycles. The summed E-state index contributed by atoms with van der Waals surface area (Å²) in [6.07, 6.45) is 2.42. The molecule has 3 rings (SSSR count). The van der Waals surface area contributed by atoms with Gasteiger partial charge in [-0.15, -0.1) is 0 Å². The van der Waals surface area contributed by atoms with E-state index < -0.39 is 5.60 Å². The number of hydrogen-bond donors (Lipinski definition) is 0. The zero-order valence-corrected chi connectivity index (χ0v) is 18.2. The van der Waals surface area contributed by atoms with Crippen LogP contribution in [0.15, 0.2) is 30.3 Å². The lowest BCUT2D eigenvalue weighted by molar-refractivity contribution is -0.139. The number of ether oxygens (including phenoxy) is 2. The highest BCUT2D eigenvalue weighted by molar-refractivity contribution is 5.97. The molecular formula is C24H28FNO4. The molecule has 1 aliphatic heterocycles. The lowest BCUT2D eigenvalue weighted by Crippen LogP contribution is -2.39. The first-order valence-electron chi connectivity index (χ1n) is 10.0. The van der Waals surface area contributed by atoms with E-state index in [0.29, 0.717) is 19.5 Å². The molecule has 0 saturated heterocycles. The summed E-state index contributed by atoms with van der Waals surface area (Å²) in [5.41, 5.74) is 3.19. The second kappa shape index (κ2) is 8.46. The Kier molecular flexibility index (Phi) is 6.15. The number of carbonyl (C=O) groups excluding carboxylic acids is 2. The normalized spacial score (nSPS) is 14.5. The van der Waals surface area contributed by atoms with Crippen molar-refractivity contribution >= 4 is 28.4 Å². The molecule has 0 N–H and O–H groups in total. The van der Waals surface area contributed by atoms with E-state index in [-0.39, 0.29) is 24.3 Å². The molecule has 2 aromatic carbocycles. The minimum atomic E-state index is -0.548. The van der Waals surface area contributed by atoms with Crippen LogP contribution in [0.1, 0.15) is 43.9 Å². The van der Waals surface area contributed by atoms with Crippen LogP contribution in [-0.4, -0.2) is 42.8 Å². The molecular weight excluding hydrogens is 385 g/mol. The minimum absolute atomic E-state index is 0.153. The van der Waals surface area contributed by atoms with Gasteiger partial charge in [0.25, 0.3) is 0 Å². The van der Waals surface area contributed by atoms with Crippen molar-refractivity contribution in [1.29, 1.82) is 0 Å². The van der Waals surface area contributed by atoms with Crippen molar-refractivity contribution in [1.82, 2.24) is 4.90 Å². The van der Waals surface area contributed by atoms with Crippen LogP contribution in [-0.2, 0) is 20.7 Å². The van der Waals surface area contributed by atoms with Crippen LogP contribution >= 0.6 is 0 Å². The lowest BCUT2D eigenvalue weighted by atomic mass is 9.87. The van der Waals surface area contributed by atoms with Gasteiger partial charge in [-0.05, 0) is 79.3 Å². The van der Waals surface area contributed by atoms with E-state index in [1.807, 2.05) is 39.8 Å². The summed E-state index contributed by atoms with van der Waals surface area (Å²) in [5.74, 6) is -0.630. The van der Waals surface area contributed by atoms with Gasteiger partial charge in [0.2, 0.25) is 0 Å². The Balaban J connectivity index is 2.00. The van der Waals surface area contributed by atoms with Crippen LogP contribution in [0.3, 0.4) is 0 Å². The molecule has 6 heteroatoms. The van der Waals surface area contributed by atoms with Crippen molar-refractivity contribution in [3.63, 3.8) is 0 Å². The van der Waals surface area contributed by atoms with Gasteiger partial charge in [-0.1, -0.05) is 18.2 Å². The molecule has 0 bridgehead atoms. The van der Waals surface area contributed by atoms with E-state index >= 15 is 0 Å². The first-order valence-corrected chi connectivity index (χ1v) is 10.0. The highest BCUT2D eigenvalue weighted by Crippen LogP contribution is 2.35. The first kappa shape index (κ1) is 21.8. The number of nitrogens with zero attached hydrogens (tertiary/aromatic N) is 1. The summed E-state index contributed by atoms with van der Waals surface area (Å²) < 4.78 is 24.3. The van der Waals surface area contributed by atoms with Crippen LogP contribution in [0, 0.1) is 12.7 Å². The molecule has 0 atom stereocenters. The molecule has 1 aliphatic rings. The zero-order chi connectivity index (χ0) is 22.1. The molecule has 0 spiro atoms. The second-order valence-electron chi connectivity index (χ2n) is 8.56. The summed E-state index contributed by atoms with van der Waals surface area (Å²) in [4.78, 5) is 25.9. The number of benzene rings is 2. The van der Waals surface area contributed by atoms with E-state index in [2.05, 4.69) is 0 Å². The summed E-state index contributed by atoms with van der Waals surface area (Å²) >= 11 is 0. The third kappa shape index (κ3) is 4.81. The predicted molar refractivity (Wildman–Crippen MR) is 115 cm³/mol. The Labute approximate surface area is 176 Å². The molecule has 2 aromatic rings. The minimum Gasteiger partial charge on any atom is -0.469 e. The Morgan fingerprint density at radius 1 is 1.20 bits per heavy atom. The lowest BCUT2D eigenvalue weighted by Gasteiger charge is -2.30. The molecule has 0 unspecified atom stereocenters. The maximum Gasteiger partial charge on any atom is 0.410 e. The number of methoxy groups -OCH3 is 1. The van der Waals surface area contributed by atoms with Crippen LogP contribution in [0.2, 0.25) is 0 Å². The quantitative estimate of drug-likeness (QED) is 0.663. The monoisotopic (exact) mass is 413 g/mol. The van der Waals surface area contributed by atoms with E-state index in [4.69, 9.17) is 9.47 Å². The van der Waals surface area contributed by atoms with Crippen LogP contribution in [0.25, 0.3) is 16.3 Å². The van der Waals surface area contributed by atoms with Gasteiger partial charge in [0.15, 0.2) is 0 Å². The van der Waals surface area contributed by atoms with Crippen molar-refractivity contribution in [3.05, 3.63) is 52.8 Å². The van der Waals surface area contributed by atoms with Gasteiger partial charge in [-0.2, -0.15) is 0 Å². The molecule has 0 aromatic heterocycles. The number of amides is 1. The highest BCUT2D eigenvalue weighted by atomic mass is 19.1. The van der Waals surface area contributed by atoms with Gasteiger partial charge in [0.05, 0.1) is 13.5 Å². The van der Waals surface area contributed by atoms with E-state index in [1.165, 1.54) is 19.2 Å². The second-order valence-corrected chi connectivity index (χ2v) is 8.56. The van der Waals surface area contributed by atoms with Gasteiger partial charge in [-0.3, -0.25) is 4.79 Å². The van der Waals surface area contributed by atoms with E-state index in [9.17, 15) is 14.0 Å². The van der Waals surface area contributed by atoms with Crippen LogP contribution in [0.5, 0.6) is 0 Å².